The molecule has 4 aromatic rings. The van der Waals surface area contributed by atoms with Gasteiger partial charge in [0.15, 0.2) is 10.1 Å². The monoisotopic (exact) mass is 440 g/mol. The highest BCUT2D eigenvalue weighted by molar-refractivity contribution is 7.98. The molecule has 0 aliphatic carbocycles. The summed E-state index contributed by atoms with van der Waals surface area (Å²) in [5, 5.41) is 11.6. The predicted molar refractivity (Wildman–Crippen MR) is 117 cm³/mol. The lowest BCUT2D eigenvalue weighted by Gasteiger charge is -2.28. The predicted octanol–water partition coefficient (Wildman–Crippen LogP) is 2.52. The topological polar surface area (TPSA) is 77.6 Å². The second kappa shape index (κ2) is 8.58. The molecule has 1 aliphatic heterocycles. The number of ether oxygens (including phenoxy) is 1. The van der Waals surface area contributed by atoms with Gasteiger partial charge in [0.25, 0.3) is 5.56 Å². The van der Waals surface area contributed by atoms with Gasteiger partial charge in [-0.15, -0.1) is 21.5 Å². The molecule has 0 saturated carbocycles. The van der Waals surface area contributed by atoms with Gasteiger partial charge in [0.05, 0.1) is 25.5 Å². The van der Waals surface area contributed by atoms with Gasteiger partial charge in [-0.05, 0) is 5.56 Å². The Bertz CT molecular complexity index is 1200. The molecule has 10 heteroatoms. The summed E-state index contributed by atoms with van der Waals surface area (Å²) < 4.78 is 9.19. The zero-order valence-electron chi connectivity index (χ0n) is 16.2. The molecule has 1 saturated heterocycles. The van der Waals surface area contributed by atoms with E-state index in [0.29, 0.717) is 30.5 Å². The maximum atomic E-state index is 12.3. The zero-order valence-corrected chi connectivity index (χ0v) is 17.8. The molecule has 0 unspecified atom stereocenters. The Kier molecular flexibility index (Phi) is 5.52. The zero-order chi connectivity index (χ0) is 20.3. The van der Waals surface area contributed by atoms with Crippen LogP contribution in [0.2, 0.25) is 0 Å². The van der Waals surface area contributed by atoms with E-state index < -0.39 is 0 Å². The van der Waals surface area contributed by atoms with E-state index in [1.54, 1.807) is 28.4 Å². The van der Waals surface area contributed by atoms with Crippen LogP contribution in [0.3, 0.4) is 0 Å². The largest absolute Gasteiger partial charge is 0.378 e. The molecule has 4 heterocycles. The molecule has 0 amide bonds. The van der Waals surface area contributed by atoms with E-state index in [1.165, 1.54) is 16.9 Å². The van der Waals surface area contributed by atoms with Gasteiger partial charge in [-0.25, -0.2) is 4.98 Å². The van der Waals surface area contributed by atoms with Crippen LogP contribution in [0, 0.1) is 0 Å². The first kappa shape index (κ1) is 19.3. The molecule has 0 radical (unpaired) electrons. The first-order valence-electron chi connectivity index (χ1n) is 9.66. The lowest BCUT2D eigenvalue weighted by Crippen LogP contribution is -2.38. The summed E-state index contributed by atoms with van der Waals surface area (Å²) in [5.41, 5.74) is 1.87. The summed E-state index contributed by atoms with van der Waals surface area (Å²) in [7, 11) is 0. The van der Waals surface area contributed by atoms with Gasteiger partial charge < -0.3 is 9.64 Å². The molecule has 1 aliphatic rings. The minimum absolute atomic E-state index is 0.0587. The number of rotatable bonds is 6. The summed E-state index contributed by atoms with van der Waals surface area (Å²) >= 11 is 3.01. The van der Waals surface area contributed by atoms with Crippen molar-refractivity contribution in [3.8, 4) is 0 Å². The standard InChI is InChI=1S/C20H20N6O2S2/c27-17-12-16(21-19-25(17)8-11-29-19)14-30-20-23-22-18(24-6-9-28-10-7-24)26(20)13-15-4-2-1-3-5-15/h1-5,8,11-12H,6-7,9-10,13-14H2. The lowest BCUT2D eigenvalue weighted by molar-refractivity contribution is 0.121. The van der Waals surface area contributed by atoms with Gasteiger partial charge >= 0.3 is 0 Å². The molecule has 1 fully saturated rings. The highest BCUT2D eigenvalue weighted by atomic mass is 32.2. The molecule has 0 spiro atoms. The number of aromatic nitrogens is 5. The van der Waals surface area contributed by atoms with Crippen LogP contribution in [0.5, 0.6) is 0 Å². The number of benzene rings is 1. The van der Waals surface area contributed by atoms with Gasteiger partial charge in [0, 0.05) is 36.5 Å². The van der Waals surface area contributed by atoms with Crippen LogP contribution in [0.25, 0.3) is 4.96 Å². The first-order chi connectivity index (χ1) is 14.8. The quantitative estimate of drug-likeness (QED) is 0.426. The number of thiazole rings is 1. The molecule has 154 valence electrons. The number of fused-ring (bicyclic) bond motifs is 1. The second-order valence-corrected chi connectivity index (χ2v) is 8.70. The Morgan fingerprint density at radius 2 is 1.97 bits per heavy atom. The van der Waals surface area contributed by atoms with Crippen LogP contribution in [0.1, 0.15) is 11.3 Å². The number of morpholine rings is 1. The summed E-state index contributed by atoms with van der Waals surface area (Å²) in [4.78, 5) is 19.8. The summed E-state index contributed by atoms with van der Waals surface area (Å²) in [5.74, 6) is 1.41. The van der Waals surface area contributed by atoms with Gasteiger partial charge in [0.1, 0.15) is 0 Å². The molecule has 0 N–H and O–H groups in total. The van der Waals surface area contributed by atoms with Crippen LogP contribution in [0.15, 0.2) is 57.9 Å². The van der Waals surface area contributed by atoms with Crippen molar-refractivity contribution in [3.63, 3.8) is 0 Å². The fourth-order valence-corrected chi connectivity index (χ4v) is 4.95. The molecule has 8 nitrogen and oxygen atoms in total. The average Bonchev–Trinajstić information content (AvgIpc) is 3.41. The third kappa shape index (κ3) is 3.98. The third-order valence-corrected chi connectivity index (χ3v) is 6.64. The normalized spacial score (nSPS) is 14.5. The molecular formula is C20H20N6O2S2. The molecule has 1 aromatic carbocycles. The van der Waals surface area contributed by atoms with E-state index in [0.717, 1.165) is 29.9 Å². The van der Waals surface area contributed by atoms with E-state index in [-0.39, 0.29) is 5.56 Å². The van der Waals surface area contributed by atoms with Crippen molar-refractivity contribution >= 4 is 34.0 Å². The fourth-order valence-electron chi connectivity index (χ4n) is 3.39. The number of hydrogen-bond acceptors (Lipinski definition) is 8. The van der Waals surface area contributed by atoms with Gasteiger partial charge in [0.2, 0.25) is 5.95 Å². The minimum Gasteiger partial charge on any atom is -0.378 e. The maximum Gasteiger partial charge on any atom is 0.258 e. The molecular weight excluding hydrogens is 420 g/mol. The Morgan fingerprint density at radius 3 is 2.80 bits per heavy atom. The second-order valence-electron chi connectivity index (χ2n) is 6.88. The van der Waals surface area contributed by atoms with Crippen molar-refractivity contribution in [2.45, 2.75) is 17.5 Å². The van der Waals surface area contributed by atoms with Crippen molar-refractivity contribution in [2.75, 3.05) is 31.2 Å². The SMILES string of the molecule is O=c1cc(CSc2nnc(N3CCOCC3)n2Cc2ccccc2)nc2sccn12. The van der Waals surface area contributed by atoms with Crippen LogP contribution in [0.4, 0.5) is 5.95 Å². The number of anilines is 1. The Labute approximate surface area is 181 Å². The summed E-state index contributed by atoms with van der Waals surface area (Å²) in [6.45, 7) is 3.66. The Morgan fingerprint density at radius 1 is 1.13 bits per heavy atom. The Balaban J connectivity index is 1.42. The minimum atomic E-state index is -0.0587. The smallest absolute Gasteiger partial charge is 0.258 e. The summed E-state index contributed by atoms with van der Waals surface area (Å²) in [6, 6.07) is 11.9. The van der Waals surface area contributed by atoms with Crippen molar-refractivity contribution in [1.29, 1.82) is 0 Å². The van der Waals surface area contributed by atoms with Crippen LogP contribution < -0.4 is 10.5 Å². The average molecular weight is 441 g/mol. The number of thioether (sulfide) groups is 1. The Hall–Kier alpha value is -2.69. The van der Waals surface area contributed by atoms with E-state index >= 15 is 0 Å². The van der Waals surface area contributed by atoms with Crippen molar-refractivity contribution in [1.82, 2.24) is 24.1 Å². The maximum absolute atomic E-state index is 12.3. The third-order valence-electron chi connectivity index (χ3n) is 4.88. The fraction of sp³-hybridized carbons (Fsp3) is 0.300. The van der Waals surface area contributed by atoms with Gasteiger partial charge in [-0.2, -0.15) is 0 Å². The first-order valence-corrected chi connectivity index (χ1v) is 11.5. The summed E-state index contributed by atoms with van der Waals surface area (Å²) in [6.07, 6.45) is 1.75. The highest BCUT2D eigenvalue weighted by Gasteiger charge is 2.21. The van der Waals surface area contributed by atoms with E-state index in [2.05, 4.69) is 36.8 Å². The molecule has 0 atom stereocenters. The van der Waals surface area contributed by atoms with Crippen molar-refractivity contribution in [3.05, 3.63) is 69.6 Å². The van der Waals surface area contributed by atoms with Gasteiger partial charge in [-0.3, -0.25) is 13.8 Å². The number of nitrogens with zero attached hydrogens (tertiary/aromatic N) is 6. The van der Waals surface area contributed by atoms with Crippen molar-refractivity contribution < 1.29 is 4.74 Å². The molecule has 5 rings (SSSR count). The van der Waals surface area contributed by atoms with E-state index in [1.807, 2.05) is 23.6 Å². The van der Waals surface area contributed by atoms with E-state index in [4.69, 9.17) is 4.74 Å². The number of hydrogen-bond donors (Lipinski definition) is 0. The highest BCUT2D eigenvalue weighted by Crippen LogP contribution is 2.26. The van der Waals surface area contributed by atoms with Crippen LogP contribution in [-0.2, 0) is 17.0 Å². The molecule has 0 bridgehead atoms. The van der Waals surface area contributed by atoms with Crippen LogP contribution in [-0.4, -0.2) is 50.5 Å². The molecule has 30 heavy (non-hydrogen) atoms. The lowest BCUT2D eigenvalue weighted by atomic mass is 10.2. The van der Waals surface area contributed by atoms with E-state index in [9.17, 15) is 4.79 Å². The van der Waals surface area contributed by atoms with Crippen LogP contribution >= 0.6 is 23.1 Å². The van der Waals surface area contributed by atoms with Crippen molar-refractivity contribution in [2.24, 2.45) is 0 Å². The molecule has 3 aromatic heterocycles. The van der Waals surface area contributed by atoms with Gasteiger partial charge in [-0.1, -0.05) is 42.1 Å².